The maximum absolute atomic E-state index is 12.0. The van der Waals surface area contributed by atoms with Crippen LogP contribution in [0.15, 0.2) is 15.4 Å². The molecule has 0 radical (unpaired) electrons. The molecule has 2 heterocycles. The Morgan fingerprint density at radius 2 is 2.00 bits per heavy atom. The lowest BCUT2D eigenvalue weighted by Gasteiger charge is -2.20. The minimum Gasteiger partial charge on any atom is -0.465 e. The van der Waals surface area contributed by atoms with E-state index in [0.29, 0.717) is 9.90 Å². The highest BCUT2D eigenvalue weighted by Crippen LogP contribution is 2.38. The molecule has 8 heteroatoms. The molecule has 108 valence electrons. The van der Waals surface area contributed by atoms with Gasteiger partial charge < -0.3 is 14.5 Å². The fourth-order valence-electron chi connectivity index (χ4n) is 1.68. The average molecular weight is 315 g/mol. The first-order valence-electron chi connectivity index (χ1n) is 6.01. The molecule has 1 aromatic heterocycles. The van der Waals surface area contributed by atoms with Gasteiger partial charge in [0.05, 0.1) is 28.7 Å². The number of H-pyrrole nitrogens is 1. The molecular formula is C12H13NO5S2. The molecule has 0 saturated carbocycles. The van der Waals surface area contributed by atoms with Crippen molar-refractivity contribution in [2.75, 3.05) is 13.2 Å². The summed E-state index contributed by atoms with van der Waals surface area (Å²) in [4.78, 5) is 38.3. The molecule has 1 atom stereocenters. The van der Waals surface area contributed by atoms with E-state index in [-0.39, 0.29) is 23.7 Å². The van der Waals surface area contributed by atoms with Crippen LogP contribution in [-0.2, 0) is 19.1 Å². The van der Waals surface area contributed by atoms with Crippen molar-refractivity contribution in [3.63, 3.8) is 0 Å². The van der Waals surface area contributed by atoms with Gasteiger partial charge in [-0.1, -0.05) is 23.1 Å². The van der Waals surface area contributed by atoms with Gasteiger partial charge >= 0.3 is 16.8 Å². The summed E-state index contributed by atoms with van der Waals surface area (Å²) < 4.78 is 9.91. The average Bonchev–Trinajstić information content (AvgIpc) is 2.76. The summed E-state index contributed by atoms with van der Waals surface area (Å²) in [6, 6.07) is 0. The normalized spacial score (nSPS) is 17.1. The van der Waals surface area contributed by atoms with E-state index in [4.69, 9.17) is 9.47 Å². The first-order chi connectivity index (χ1) is 9.56. The highest BCUT2D eigenvalue weighted by atomic mass is 32.2. The Bertz CT molecular complexity index is 616. The van der Waals surface area contributed by atoms with Crippen molar-refractivity contribution in [3.8, 4) is 0 Å². The van der Waals surface area contributed by atoms with Crippen molar-refractivity contribution in [2.24, 2.45) is 0 Å². The second-order valence-electron chi connectivity index (χ2n) is 3.78. The summed E-state index contributed by atoms with van der Waals surface area (Å²) in [5.74, 6) is -1.08. The molecule has 0 amide bonds. The summed E-state index contributed by atoms with van der Waals surface area (Å²) in [5.41, 5.74) is 0.207. The van der Waals surface area contributed by atoms with Crippen LogP contribution in [-0.4, -0.2) is 35.4 Å². The Morgan fingerprint density at radius 1 is 1.30 bits per heavy atom. The van der Waals surface area contributed by atoms with Gasteiger partial charge in [-0.25, -0.2) is 4.79 Å². The summed E-state index contributed by atoms with van der Waals surface area (Å²) >= 11 is 2.09. The number of hydrogen-bond donors (Lipinski definition) is 1. The van der Waals surface area contributed by atoms with Crippen molar-refractivity contribution in [1.29, 1.82) is 0 Å². The zero-order valence-corrected chi connectivity index (χ0v) is 12.6. The Morgan fingerprint density at radius 3 is 2.65 bits per heavy atom. The van der Waals surface area contributed by atoms with Crippen molar-refractivity contribution in [2.45, 2.75) is 24.1 Å². The van der Waals surface area contributed by atoms with Crippen LogP contribution in [0.25, 0.3) is 6.08 Å². The third-order valence-corrected chi connectivity index (χ3v) is 4.66. The predicted molar refractivity (Wildman–Crippen MR) is 75.8 cm³/mol. The van der Waals surface area contributed by atoms with Crippen LogP contribution in [0.1, 0.15) is 18.7 Å². The molecule has 1 aromatic rings. The topological polar surface area (TPSA) is 85.5 Å². The number of ether oxygens (including phenoxy) is 2. The van der Waals surface area contributed by atoms with Crippen LogP contribution >= 0.6 is 23.1 Å². The van der Waals surface area contributed by atoms with Gasteiger partial charge in [-0.15, -0.1) is 0 Å². The number of thioether (sulfide) groups is 1. The number of fused-ring (bicyclic) bond motifs is 1. The number of thiazole rings is 1. The van der Waals surface area contributed by atoms with Crippen molar-refractivity contribution < 1.29 is 19.1 Å². The van der Waals surface area contributed by atoms with Gasteiger partial charge in [0, 0.05) is 0 Å². The lowest BCUT2D eigenvalue weighted by Crippen LogP contribution is -2.29. The standard InChI is InChI=1S/C12H13NO5S2/c1-3-17-10(14)6-5-7-9(13-12(16)19-7)20-8(6)11(15)18-4-2/h5,8H,3-4H2,1-2H3,(H,13,16)/t8-/m1/s1. The number of carbonyl (C=O) groups excluding carboxylic acids is 2. The van der Waals surface area contributed by atoms with Crippen LogP contribution in [0.3, 0.4) is 0 Å². The molecule has 6 nitrogen and oxygen atoms in total. The molecule has 0 aliphatic carbocycles. The second-order valence-corrected chi connectivity index (χ2v) is 5.91. The maximum Gasteiger partial charge on any atom is 0.335 e. The third kappa shape index (κ3) is 2.96. The Labute approximate surface area is 123 Å². The van der Waals surface area contributed by atoms with Crippen molar-refractivity contribution >= 4 is 41.1 Å². The quantitative estimate of drug-likeness (QED) is 0.846. The molecule has 0 unspecified atom stereocenters. The maximum atomic E-state index is 12.0. The summed E-state index contributed by atoms with van der Waals surface area (Å²) in [5, 5.41) is -0.238. The lowest BCUT2D eigenvalue weighted by atomic mass is 10.1. The van der Waals surface area contributed by atoms with Crippen molar-refractivity contribution in [1.82, 2.24) is 4.98 Å². The fourth-order valence-corrected chi connectivity index (χ4v) is 3.71. The number of carbonyl (C=O) groups is 2. The van der Waals surface area contributed by atoms with Crippen molar-refractivity contribution in [3.05, 3.63) is 20.1 Å². The Hall–Kier alpha value is -1.54. The van der Waals surface area contributed by atoms with Crippen LogP contribution < -0.4 is 4.87 Å². The number of esters is 2. The summed E-state index contributed by atoms with van der Waals surface area (Å²) in [6.45, 7) is 3.82. The molecule has 0 saturated heterocycles. The van der Waals surface area contributed by atoms with Gasteiger partial charge in [0.1, 0.15) is 5.25 Å². The summed E-state index contributed by atoms with van der Waals surface area (Å²) in [7, 11) is 0. The van der Waals surface area contributed by atoms with Gasteiger partial charge in [0.15, 0.2) is 0 Å². The highest BCUT2D eigenvalue weighted by Gasteiger charge is 2.35. The molecule has 2 rings (SSSR count). The lowest BCUT2D eigenvalue weighted by molar-refractivity contribution is -0.145. The van der Waals surface area contributed by atoms with E-state index in [1.807, 2.05) is 0 Å². The first kappa shape index (κ1) is 14.9. The van der Waals surface area contributed by atoms with E-state index in [2.05, 4.69) is 4.98 Å². The number of nitrogens with one attached hydrogen (secondary N) is 1. The zero-order chi connectivity index (χ0) is 14.7. The molecule has 0 bridgehead atoms. The van der Waals surface area contributed by atoms with Crippen LogP contribution in [0.4, 0.5) is 0 Å². The van der Waals surface area contributed by atoms with Gasteiger partial charge in [-0.05, 0) is 19.9 Å². The van der Waals surface area contributed by atoms with Crippen LogP contribution in [0.2, 0.25) is 0 Å². The number of aromatic nitrogens is 1. The fraction of sp³-hybridized carbons (Fsp3) is 0.417. The smallest absolute Gasteiger partial charge is 0.335 e. The van der Waals surface area contributed by atoms with Crippen LogP contribution in [0, 0.1) is 0 Å². The van der Waals surface area contributed by atoms with E-state index in [1.165, 1.54) is 6.08 Å². The molecular weight excluding hydrogens is 302 g/mol. The van der Waals surface area contributed by atoms with E-state index in [0.717, 1.165) is 23.1 Å². The largest absolute Gasteiger partial charge is 0.465 e. The minimum atomic E-state index is -0.813. The molecule has 1 aliphatic heterocycles. The number of aromatic amines is 1. The third-order valence-electron chi connectivity index (χ3n) is 2.46. The van der Waals surface area contributed by atoms with Crippen LogP contribution in [0.5, 0.6) is 0 Å². The Kier molecular flexibility index (Phi) is 4.66. The molecule has 1 aliphatic rings. The molecule has 0 fully saturated rings. The van der Waals surface area contributed by atoms with Gasteiger partial charge in [0.2, 0.25) is 0 Å². The minimum absolute atomic E-state index is 0.207. The first-order valence-corrected chi connectivity index (χ1v) is 7.71. The molecule has 20 heavy (non-hydrogen) atoms. The van der Waals surface area contributed by atoms with Gasteiger partial charge in [-0.2, -0.15) is 0 Å². The number of rotatable bonds is 4. The monoisotopic (exact) mass is 315 g/mol. The summed E-state index contributed by atoms with van der Waals surface area (Å²) in [6.07, 6.45) is 1.52. The Balaban J connectivity index is 2.38. The molecule has 0 spiro atoms. The second kappa shape index (κ2) is 6.27. The predicted octanol–water partition coefficient (Wildman–Crippen LogP) is 1.42. The van der Waals surface area contributed by atoms with E-state index >= 15 is 0 Å². The SMILES string of the molecule is CCOC(=O)C1=Cc2sc(=O)[nH]c2S[C@H]1C(=O)OCC. The molecule has 1 N–H and O–H groups in total. The highest BCUT2D eigenvalue weighted by molar-refractivity contribution is 8.01. The van der Waals surface area contributed by atoms with E-state index in [1.54, 1.807) is 13.8 Å². The van der Waals surface area contributed by atoms with E-state index in [9.17, 15) is 14.4 Å². The molecule has 0 aromatic carbocycles. The van der Waals surface area contributed by atoms with Gasteiger partial charge in [0.25, 0.3) is 0 Å². The van der Waals surface area contributed by atoms with Gasteiger partial charge in [-0.3, -0.25) is 9.59 Å². The van der Waals surface area contributed by atoms with E-state index < -0.39 is 17.2 Å². The number of hydrogen-bond acceptors (Lipinski definition) is 7. The zero-order valence-electron chi connectivity index (χ0n) is 10.9.